The first kappa shape index (κ1) is 15.1. The van der Waals surface area contributed by atoms with Gasteiger partial charge in [-0.25, -0.2) is 0 Å². The molecule has 0 bridgehead atoms. The Morgan fingerprint density at radius 1 is 1.26 bits per heavy atom. The first-order chi connectivity index (χ1) is 8.91. The van der Waals surface area contributed by atoms with E-state index in [9.17, 15) is 0 Å². The second kappa shape index (κ2) is 5.61. The summed E-state index contributed by atoms with van der Waals surface area (Å²) in [6, 6.07) is 5.94. The summed E-state index contributed by atoms with van der Waals surface area (Å²) in [7, 11) is 0. The molecule has 19 heavy (non-hydrogen) atoms. The summed E-state index contributed by atoms with van der Waals surface area (Å²) in [6.07, 6.45) is 0.268. The predicted octanol–water partition coefficient (Wildman–Crippen LogP) is 3.16. The Morgan fingerprint density at radius 3 is 2.47 bits per heavy atom. The molecule has 0 amide bonds. The van der Waals surface area contributed by atoms with Crippen molar-refractivity contribution in [2.24, 2.45) is 11.8 Å². The fourth-order valence-corrected chi connectivity index (χ4v) is 3.34. The van der Waals surface area contributed by atoms with E-state index in [1.54, 1.807) is 0 Å². The van der Waals surface area contributed by atoms with Gasteiger partial charge in [-0.2, -0.15) is 0 Å². The van der Waals surface area contributed by atoms with Crippen LogP contribution in [0.4, 0.5) is 0 Å². The molecule has 0 aromatic heterocycles. The summed E-state index contributed by atoms with van der Waals surface area (Å²) >= 11 is 12.1. The number of ether oxygens (including phenoxy) is 1. The molecule has 0 radical (unpaired) electrons. The molecule has 1 aliphatic carbocycles. The van der Waals surface area contributed by atoms with E-state index in [1.165, 1.54) is 5.56 Å². The van der Waals surface area contributed by atoms with Gasteiger partial charge in [-0.15, -0.1) is 0 Å². The Bertz CT molecular complexity index is 463. The minimum Gasteiger partial charge on any atom is -0.378 e. The first-order valence-electron chi connectivity index (χ1n) is 6.77. The third-order valence-corrected chi connectivity index (χ3v) is 5.12. The Hall–Kier alpha value is -0.280. The van der Waals surface area contributed by atoms with Crippen LogP contribution in [-0.2, 0) is 10.2 Å². The normalized spacial score (nSPS) is 29.8. The number of quaternary nitrogens is 1. The maximum atomic E-state index is 6.13. The van der Waals surface area contributed by atoms with Crippen LogP contribution in [0.25, 0.3) is 0 Å². The van der Waals surface area contributed by atoms with Gasteiger partial charge in [0.2, 0.25) is 0 Å². The largest absolute Gasteiger partial charge is 0.378 e. The van der Waals surface area contributed by atoms with E-state index in [1.807, 2.05) is 12.1 Å². The fourth-order valence-electron chi connectivity index (χ4n) is 3.04. The summed E-state index contributed by atoms with van der Waals surface area (Å²) in [6.45, 7) is 8.12. The Labute approximate surface area is 125 Å². The van der Waals surface area contributed by atoms with Crippen molar-refractivity contribution >= 4 is 23.2 Å². The fraction of sp³-hybridized carbons (Fsp3) is 0.600. The number of halogens is 2. The van der Waals surface area contributed by atoms with Gasteiger partial charge in [0.1, 0.15) is 0 Å². The van der Waals surface area contributed by atoms with Crippen molar-refractivity contribution in [2.45, 2.75) is 32.3 Å². The van der Waals surface area contributed by atoms with E-state index < -0.39 is 0 Å². The first-order valence-corrected chi connectivity index (χ1v) is 7.53. The predicted molar refractivity (Wildman–Crippen MR) is 79.6 cm³/mol. The van der Waals surface area contributed by atoms with E-state index in [0.29, 0.717) is 21.9 Å². The zero-order chi connectivity index (χ0) is 14.2. The number of hydrogen-bond donors (Lipinski definition) is 1. The molecule has 0 aliphatic heterocycles. The van der Waals surface area contributed by atoms with Crippen molar-refractivity contribution in [3.8, 4) is 0 Å². The van der Waals surface area contributed by atoms with Crippen molar-refractivity contribution in [1.82, 2.24) is 0 Å². The SMILES string of the molecule is CC(C)OC[C@@H]1[C@@H](C[NH3+])[C@]1(C)c1ccc(Cl)c(Cl)c1. The van der Waals surface area contributed by atoms with E-state index in [2.05, 4.69) is 32.6 Å². The maximum Gasteiger partial charge on any atom is 0.0780 e. The van der Waals surface area contributed by atoms with Gasteiger partial charge < -0.3 is 10.5 Å². The third kappa shape index (κ3) is 2.78. The minimum atomic E-state index is 0.116. The van der Waals surface area contributed by atoms with Crippen molar-refractivity contribution in [3.63, 3.8) is 0 Å². The van der Waals surface area contributed by atoms with E-state index in [-0.39, 0.29) is 11.5 Å². The molecule has 1 saturated carbocycles. The van der Waals surface area contributed by atoms with Crippen LogP contribution in [0.15, 0.2) is 18.2 Å². The van der Waals surface area contributed by atoms with E-state index >= 15 is 0 Å². The molecular weight excluding hydrogens is 281 g/mol. The highest BCUT2D eigenvalue weighted by Crippen LogP contribution is 2.59. The Morgan fingerprint density at radius 2 is 1.95 bits per heavy atom. The molecule has 1 aliphatic rings. The summed E-state index contributed by atoms with van der Waals surface area (Å²) in [5.74, 6) is 1.08. The lowest BCUT2D eigenvalue weighted by Crippen LogP contribution is -2.52. The second-order valence-corrected chi connectivity index (χ2v) is 6.61. The molecule has 4 heteroatoms. The Kier molecular flexibility index (Phi) is 4.46. The topological polar surface area (TPSA) is 36.9 Å². The zero-order valence-electron chi connectivity index (χ0n) is 11.7. The quantitative estimate of drug-likeness (QED) is 0.891. The average molecular weight is 303 g/mol. The lowest BCUT2D eigenvalue weighted by molar-refractivity contribution is -0.374. The van der Waals surface area contributed by atoms with Gasteiger partial charge in [-0.05, 0) is 31.5 Å². The van der Waals surface area contributed by atoms with Gasteiger partial charge in [0, 0.05) is 17.3 Å². The van der Waals surface area contributed by atoms with Crippen LogP contribution in [0, 0.1) is 11.8 Å². The number of benzene rings is 1. The van der Waals surface area contributed by atoms with Crippen LogP contribution in [0.3, 0.4) is 0 Å². The minimum absolute atomic E-state index is 0.116. The molecule has 2 nitrogen and oxygen atoms in total. The van der Waals surface area contributed by atoms with Crippen LogP contribution in [0.5, 0.6) is 0 Å². The van der Waals surface area contributed by atoms with E-state index in [4.69, 9.17) is 27.9 Å². The summed E-state index contributed by atoms with van der Waals surface area (Å²) in [4.78, 5) is 0. The zero-order valence-corrected chi connectivity index (χ0v) is 13.3. The van der Waals surface area contributed by atoms with E-state index in [0.717, 1.165) is 13.2 Å². The van der Waals surface area contributed by atoms with Gasteiger partial charge in [-0.3, -0.25) is 0 Å². The summed E-state index contributed by atoms with van der Waals surface area (Å²) in [5.41, 5.74) is 5.43. The summed E-state index contributed by atoms with van der Waals surface area (Å²) in [5, 5.41) is 1.23. The Balaban J connectivity index is 2.19. The van der Waals surface area contributed by atoms with Crippen molar-refractivity contribution in [2.75, 3.05) is 13.2 Å². The van der Waals surface area contributed by atoms with Crippen molar-refractivity contribution in [3.05, 3.63) is 33.8 Å². The lowest BCUT2D eigenvalue weighted by atomic mass is 9.94. The van der Waals surface area contributed by atoms with Gasteiger partial charge in [0.25, 0.3) is 0 Å². The van der Waals surface area contributed by atoms with Gasteiger partial charge in [0.15, 0.2) is 0 Å². The van der Waals surface area contributed by atoms with Crippen LogP contribution in [0.2, 0.25) is 10.0 Å². The van der Waals surface area contributed by atoms with Crippen LogP contribution in [-0.4, -0.2) is 19.3 Å². The highest BCUT2D eigenvalue weighted by Gasteiger charge is 2.62. The van der Waals surface area contributed by atoms with Crippen molar-refractivity contribution in [1.29, 1.82) is 0 Å². The molecule has 0 heterocycles. The third-order valence-electron chi connectivity index (χ3n) is 4.38. The van der Waals surface area contributed by atoms with Gasteiger partial charge >= 0.3 is 0 Å². The molecule has 3 N–H and O–H groups in total. The molecule has 106 valence electrons. The van der Waals surface area contributed by atoms with Gasteiger partial charge in [-0.1, -0.05) is 36.2 Å². The maximum absolute atomic E-state index is 6.13. The summed E-state index contributed by atoms with van der Waals surface area (Å²) < 4.78 is 5.78. The van der Waals surface area contributed by atoms with Crippen LogP contribution in [0.1, 0.15) is 26.3 Å². The average Bonchev–Trinajstić information content (AvgIpc) is 2.95. The highest BCUT2D eigenvalue weighted by molar-refractivity contribution is 6.42. The van der Waals surface area contributed by atoms with Gasteiger partial charge in [0.05, 0.1) is 29.3 Å². The molecule has 1 fully saturated rings. The van der Waals surface area contributed by atoms with Crippen LogP contribution >= 0.6 is 23.2 Å². The molecule has 2 rings (SSSR count). The molecule has 0 spiro atoms. The molecule has 3 atom stereocenters. The number of hydrogen-bond acceptors (Lipinski definition) is 1. The standard InChI is InChI=1S/C15H21Cl2NO/c1-9(2)19-8-12-11(7-18)15(12,3)10-4-5-13(16)14(17)6-10/h4-6,9,11-12H,7-8,18H2,1-3H3/p+1/t11-,12-,15+/m1/s1. The molecule has 0 unspecified atom stereocenters. The molecular formula is C15H22Cl2NO+. The molecule has 0 saturated heterocycles. The lowest BCUT2D eigenvalue weighted by Gasteiger charge is -2.14. The number of rotatable bonds is 5. The highest BCUT2D eigenvalue weighted by atomic mass is 35.5. The molecule has 1 aromatic carbocycles. The monoisotopic (exact) mass is 302 g/mol. The molecule has 1 aromatic rings. The smallest absolute Gasteiger partial charge is 0.0780 e. The second-order valence-electron chi connectivity index (χ2n) is 5.80. The van der Waals surface area contributed by atoms with Crippen LogP contribution < -0.4 is 5.73 Å². The van der Waals surface area contributed by atoms with Crippen molar-refractivity contribution < 1.29 is 10.5 Å².